The first-order valence-corrected chi connectivity index (χ1v) is 10.3. The van der Waals surface area contributed by atoms with Crippen molar-refractivity contribution in [2.75, 3.05) is 0 Å². The van der Waals surface area contributed by atoms with Gasteiger partial charge in [0.25, 0.3) is 0 Å². The summed E-state index contributed by atoms with van der Waals surface area (Å²) < 4.78 is 2.00. The smallest absolute Gasteiger partial charge is 0.407 e. The number of thiazole rings is 1. The van der Waals surface area contributed by atoms with Gasteiger partial charge in [-0.1, -0.05) is 34.8 Å². The Labute approximate surface area is 180 Å². The Bertz CT molecular complexity index is 1120. The number of aromatic nitrogens is 2. The third kappa shape index (κ3) is 3.44. The van der Waals surface area contributed by atoms with Gasteiger partial charge in [0.15, 0.2) is 16.6 Å². The molecule has 0 spiro atoms. The first kappa shape index (κ1) is 19.4. The second kappa shape index (κ2) is 7.48. The van der Waals surface area contributed by atoms with Gasteiger partial charge in [-0.25, -0.2) is 9.78 Å². The van der Waals surface area contributed by atoms with E-state index in [0.717, 1.165) is 10.4 Å². The van der Waals surface area contributed by atoms with Crippen molar-refractivity contribution >= 4 is 57.6 Å². The molecule has 1 aliphatic heterocycles. The number of allylic oxidation sites excluding steroid dienone is 2. The molecule has 1 aromatic carbocycles. The molecule has 1 atom stereocenters. The van der Waals surface area contributed by atoms with Crippen LogP contribution in [0, 0.1) is 6.92 Å². The minimum absolute atomic E-state index is 0.0119. The fourth-order valence-electron chi connectivity index (χ4n) is 3.49. The number of hydrogen-bond acceptors (Lipinski definition) is 4. The molecule has 1 N–H and O–H groups in total. The highest BCUT2D eigenvalue weighted by Crippen LogP contribution is 2.38. The standard InChI is InChI=1S/C20H13Cl3N2O2S/c1-10-3-2-4-25-17(10)15(8-14-9-24-20(23)28-14)18(26)16(19(25)27)11-5-12(21)7-13(22)6-11/h2-7,9,16H,8H2,1H3/p+1. The highest BCUT2D eigenvalue weighted by atomic mass is 35.5. The molecule has 0 bridgehead atoms. The fourth-order valence-corrected chi connectivity index (χ4v) is 5.02. The Morgan fingerprint density at radius 2 is 1.93 bits per heavy atom. The average molecular weight is 453 g/mol. The van der Waals surface area contributed by atoms with E-state index in [0.29, 0.717) is 37.8 Å². The van der Waals surface area contributed by atoms with Crippen LogP contribution in [0.15, 0.2) is 48.5 Å². The second-order valence-electron chi connectivity index (χ2n) is 6.50. The molecule has 4 nitrogen and oxygen atoms in total. The van der Waals surface area contributed by atoms with Gasteiger partial charge in [0.1, 0.15) is 5.76 Å². The van der Waals surface area contributed by atoms with Crippen LogP contribution in [-0.4, -0.2) is 16.0 Å². The number of nitrogens with zero attached hydrogens (tertiary/aromatic N) is 2. The lowest BCUT2D eigenvalue weighted by Crippen LogP contribution is -2.52. The molecule has 142 valence electrons. The first-order chi connectivity index (χ1) is 13.3. The van der Waals surface area contributed by atoms with Crippen LogP contribution >= 0.6 is 46.1 Å². The van der Waals surface area contributed by atoms with Crippen LogP contribution in [0.1, 0.15) is 32.4 Å². The number of halogens is 3. The molecule has 0 amide bonds. The van der Waals surface area contributed by atoms with Crippen molar-refractivity contribution in [3.63, 3.8) is 0 Å². The molecule has 3 heterocycles. The van der Waals surface area contributed by atoms with Gasteiger partial charge in [-0.15, -0.1) is 15.9 Å². The summed E-state index contributed by atoms with van der Waals surface area (Å²) in [5.41, 5.74) is 2.76. The van der Waals surface area contributed by atoms with Crippen molar-refractivity contribution in [2.24, 2.45) is 0 Å². The molecule has 0 aliphatic carbocycles. The van der Waals surface area contributed by atoms with Gasteiger partial charge in [-0.2, -0.15) is 0 Å². The number of aliphatic hydroxyl groups is 1. The number of aliphatic hydroxyl groups excluding tert-OH is 1. The molecule has 28 heavy (non-hydrogen) atoms. The lowest BCUT2D eigenvalue weighted by Gasteiger charge is -2.22. The lowest BCUT2D eigenvalue weighted by atomic mass is 9.86. The van der Waals surface area contributed by atoms with Crippen LogP contribution in [0.25, 0.3) is 5.57 Å². The van der Waals surface area contributed by atoms with Crippen LogP contribution in [0.2, 0.25) is 14.5 Å². The van der Waals surface area contributed by atoms with Gasteiger partial charge in [0.2, 0.25) is 5.69 Å². The van der Waals surface area contributed by atoms with Crippen molar-refractivity contribution in [1.82, 2.24) is 4.98 Å². The molecular weight excluding hydrogens is 439 g/mol. The summed E-state index contributed by atoms with van der Waals surface area (Å²) in [4.78, 5) is 18.2. The maximum absolute atomic E-state index is 13.3. The van der Waals surface area contributed by atoms with Crippen LogP contribution in [0.3, 0.4) is 0 Å². The second-order valence-corrected chi connectivity index (χ2v) is 9.07. The molecule has 0 fully saturated rings. The van der Waals surface area contributed by atoms with E-state index in [1.807, 2.05) is 19.1 Å². The summed E-state index contributed by atoms with van der Waals surface area (Å²) in [6.45, 7) is 1.91. The van der Waals surface area contributed by atoms with E-state index in [1.165, 1.54) is 11.3 Å². The van der Waals surface area contributed by atoms with Crippen molar-refractivity contribution in [3.05, 3.63) is 84.7 Å². The van der Waals surface area contributed by atoms with Crippen molar-refractivity contribution in [2.45, 2.75) is 19.3 Å². The van der Waals surface area contributed by atoms with Gasteiger partial charge in [0.05, 0.1) is 5.57 Å². The normalized spacial score (nSPS) is 16.4. The van der Waals surface area contributed by atoms with E-state index in [2.05, 4.69) is 4.98 Å². The van der Waals surface area contributed by atoms with E-state index < -0.39 is 5.92 Å². The van der Waals surface area contributed by atoms with E-state index in [9.17, 15) is 9.90 Å². The Balaban J connectivity index is 1.93. The minimum atomic E-state index is -0.895. The van der Waals surface area contributed by atoms with Gasteiger partial charge < -0.3 is 5.11 Å². The number of carbonyl (C=O) groups excluding carboxylic acids is 1. The summed E-state index contributed by atoms with van der Waals surface area (Å²) in [6.07, 6.45) is 3.78. The van der Waals surface area contributed by atoms with Gasteiger partial charge >= 0.3 is 5.91 Å². The zero-order valence-corrected chi connectivity index (χ0v) is 17.7. The zero-order valence-electron chi connectivity index (χ0n) is 14.6. The first-order valence-electron chi connectivity index (χ1n) is 8.39. The molecule has 8 heteroatoms. The number of aryl methyl sites for hydroxylation is 1. The van der Waals surface area contributed by atoms with E-state index in [-0.39, 0.29) is 11.7 Å². The molecule has 0 radical (unpaired) electrons. The molecule has 3 aromatic rings. The number of fused-ring (bicyclic) bond motifs is 1. The predicted octanol–water partition coefficient (Wildman–Crippen LogP) is 5.65. The fraction of sp³-hybridized carbons (Fsp3) is 0.150. The summed E-state index contributed by atoms with van der Waals surface area (Å²) in [5.74, 6) is -1.17. The molecule has 1 aliphatic rings. The zero-order chi connectivity index (χ0) is 20.0. The maximum atomic E-state index is 13.3. The van der Waals surface area contributed by atoms with Crippen LogP contribution < -0.4 is 4.57 Å². The van der Waals surface area contributed by atoms with Gasteiger partial charge in [-0.05, 0) is 36.8 Å². The topological polar surface area (TPSA) is 54.1 Å². The number of hydrogen-bond donors (Lipinski definition) is 1. The third-order valence-electron chi connectivity index (χ3n) is 4.64. The molecule has 0 saturated carbocycles. The van der Waals surface area contributed by atoms with Gasteiger partial charge in [-0.3, -0.25) is 0 Å². The Hall–Kier alpha value is -1.92. The summed E-state index contributed by atoms with van der Waals surface area (Å²) in [7, 11) is 0. The average Bonchev–Trinajstić information content (AvgIpc) is 3.03. The minimum Gasteiger partial charge on any atom is -0.510 e. The Morgan fingerprint density at radius 1 is 1.21 bits per heavy atom. The largest absolute Gasteiger partial charge is 0.510 e. The SMILES string of the molecule is Cc1ccc[n+]2c1C(Cc1cnc(Cl)s1)=C(O)C(c1cc(Cl)cc(Cl)c1)C2=O. The monoisotopic (exact) mass is 451 g/mol. The van der Waals surface area contributed by atoms with E-state index >= 15 is 0 Å². The van der Waals surface area contributed by atoms with E-state index in [4.69, 9.17) is 34.8 Å². The highest BCUT2D eigenvalue weighted by molar-refractivity contribution is 7.15. The molecular formula is C20H14Cl3N2O2S+. The number of rotatable bonds is 3. The van der Waals surface area contributed by atoms with Crippen molar-refractivity contribution in [3.8, 4) is 0 Å². The number of carbonyl (C=O) groups is 1. The van der Waals surface area contributed by atoms with Crippen LogP contribution in [-0.2, 0) is 6.42 Å². The maximum Gasteiger partial charge on any atom is 0.407 e. The third-order valence-corrected chi connectivity index (χ3v) is 6.19. The van der Waals surface area contributed by atoms with Crippen LogP contribution in [0.5, 0.6) is 0 Å². The van der Waals surface area contributed by atoms with Crippen LogP contribution in [0.4, 0.5) is 0 Å². The Morgan fingerprint density at radius 3 is 2.57 bits per heavy atom. The molecule has 4 rings (SSSR count). The number of pyridine rings is 1. The van der Waals surface area contributed by atoms with Gasteiger partial charge in [0, 0.05) is 39.2 Å². The summed E-state index contributed by atoms with van der Waals surface area (Å²) in [5, 5.41) is 12.0. The summed E-state index contributed by atoms with van der Waals surface area (Å²) in [6, 6.07) is 8.60. The molecule has 2 aromatic heterocycles. The van der Waals surface area contributed by atoms with E-state index in [1.54, 1.807) is 35.2 Å². The highest BCUT2D eigenvalue weighted by Gasteiger charge is 2.43. The van der Waals surface area contributed by atoms with Crippen molar-refractivity contribution in [1.29, 1.82) is 0 Å². The summed E-state index contributed by atoms with van der Waals surface area (Å²) >= 11 is 19.6. The number of benzene rings is 1. The molecule has 1 unspecified atom stereocenters. The molecule has 0 saturated heterocycles. The predicted molar refractivity (Wildman–Crippen MR) is 112 cm³/mol. The quantitative estimate of drug-likeness (QED) is 0.523. The lowest BCUT2D eigenvalue weighted by molar-refractivity contribution is -0.580. The van der Waals surface area contributed by atoms with Crippen molar-refractivity contribution < 1.29 is 14.5 Å². The Kier molecular flexibility index (Phi) is 5.19.